The van der Waals surface area contributed by atoms with Gasteiger partial charge in [-0.1, -0.05) is 60.7 Å². The third-order valence-electron chi connectivity index (χ3n) is 5.23. The summed E-state index contributed by atoms with van der Waals surface area (Å²) in [4.78, 5) is 24.2. The van der Waals surface area contributed by atoms with Crippen molar-refractivity contribution in [1.29, 1.82) is 0 Å². The second-order valence-corrected chi connectivity index (χ2v) is 7.95. The molecule has 0 saturated carbocycles. The molecule has 0 radical (unpaired) electrons. The molecule has 3 rings (SSSR count). The van der Waals surface area contributed by atoms with Crippen molar-refractivity contribution >= 4 is 12.0 Å². The zero-order chi connectivity index (χ0) is 24.2. The molecule has 7 heteroatoms. The maximum absolute atomic E-state index is 12.4. The number of rotatable bonds is 11. The van der Waals surface area contributed by atoms with E-state index in [1.807, 2.05) is 91.9 Å². The van der Waals surface area contributed by atoms with Gasteiger partial charge in [0.1, 0.15) is 18.1 Å². The first-order chi connectivity index (χ1) is 16.5. The van der Waals surface area contributed by atoms with Crippen LogP contribution in [0.3, 0.4) is 0 Å². The van der Waals surface area contributed by atoms with Crippen molar-refractivity contribution in [3.63, 3.8) is 0 Å². The van der Waals surface area contributed by atoms with E-state index in [1.165, 1.54) is 0 Å². The molecule has 3 aromatic carbocycles. The highest BCUT2D eigenvalue weighted by Gasteiger charge is 2.16. The highest BCUT2D eigenvalue weighted by Crippen LogP contribution is 2.23. The third-order valence-corrected chi connectivity index (χ3v) is 5.23. The predicted octanol–water partition coefficient (Wildman–Crippen LogP) is 4.69. The van der Waals surface area contributed by atoms with Crippen LogP contribution in [0, 0.1) is 0 Å². The highest BCUT2D eigenvalue weighted by molar-refractivity contribution is 5.81. The average molecular weight is 462 g/mol. The lowest BCUT2D eigenvalue weighted by Crippen LogP contribution is -2.42. The summed E-state index contributed by atoms with van der Waals surface area (Å²) in [5, 5.41) is 5.61. The Morgan fingerprint density at radius 1 is 0.882 bits per heavy atom. The largest absolute Gasteiger partial charge is 0.457 e. The van der Waals surface area contributed by atoms with Crippen molar-refractivity contribution in [2.75, 3.05) is 6.54 Å². The van der Waals surface area contributed by atoms with Crippen LogP contribution in [0.25, 0.3) is 0 Å². The van der Waals surface area contributed by atoms with Crippen molar-refractivity contribution < 1.29 is 19.1 Å². The Balaban J connectivity index is 1.33. The van der Waals surface area contributed by atoms with E-state index < -0.39 is 12.1 Å². The Bertz CT molecular complexity index is 1030. The predicted molar refractivity (Wildman–Crippen MR) is 131 cm³/mol. The summed E-state index contributed by atoms with van der Waals surface area (Å²) in [6.07, 6.45) is 0.520. The van der Waals surface area contributed by atoms with E-state index in [4.69, 9.17) is 15.2 Å². The maximum Gasteiger partial charge on any atom is 0.407 e. The number of nitrogens with one attached hydrogen (secondary N) is 2. The number of ether oxygens (including phenoxy) is 2. The van der Waals surface area contributed by atoms with Gasteiger partial charge in [-0.25, -0.2) is 4.79 Å². The molecule has 0 aliphatic rings. The second kappa shape index (κ2) is 13.0. The summed E-state index contributed by atoms with van der Waals surface area (Å²) in [5.41, 5.74) is 7.90. The molecular formula is C27H31N3O4. The standard InChI is InChI=1S/C27H31N3O4/c1-20(22-14-16-24(17-15-22)34-23-11-6-3-7-12-23)30-26(31)25(28)13-8-18-29-27(32)33-19-21-9-4-2-5-10-21/h2-7,9-12,14-17,20,25H,8,13,18-19,28H2,1H3,(H,29,32)(H,30,31)/t20-,25+/m0/s1. The molecule has 7 nitrogen and oxygen atoms in total. The topological polar surface area (TPSA) is 103 Å². The van der Waals surface area contributed by atoms with Crippen molar-refractivity contribution in [1.82, 2.24) is 10.6 Å². The van der Waals surface area contributed by atoms with Gasteiger partial charge in [-0.15, -0.1) is 0 Å². The van der Waals surface area contributed by atoms with Crippen LogP contribution in [-0.4, -0.2) is 24.6 Å². The van der Waals surface area contributed by atoms with E-state index >= 15 is 0 Å². The molecule has 4 N–H and O–H groups in total. The third kappa shape index (κ3) is 8.26. The van der Waals surface area contributed by atoms with Crippen molar-refractivity contribution in [3.05, 3.63) is 96.1 Å². The van der Waals surface area contributed by atoms with E-state index in [-0.39, 0.29) is 18.6 Å². The monoisotopic (exact) mass is 461 g/mol. The zero-order valence-corrected chi connectivity index (χ0v) is 19.3. The molecule has 0 heterocycles. The van der Waals surface area contributed by atoms with Gasteiger partial charge < -0.3 is 25.8 Å². The van der Waals surface area contributed by atoms with E-state index in [0.29, 0.717) is 19.4 Å². The van der Waals surface area contributed by atoms with E-state index in [2.05, 4.69) is 10.6 Å². The van der Waals surface area contributed by atoms with Gasteiger partial charge in [0.25, 0.3) is 0 Å². The Kier molecular flexibility index (Phi) is 9.49. The number of nitrogens with two attached hydrogens (primary N) is 1. The number of benzene rings is 3. The number of para-hydroxylation sites is 1. The molecule has 0 fully saturated rings. The van der Waals surface area contributed by atoms with Crippen LogP contribution in [0.4, 0.5) is 4.79 Å². The molecular weight excluding hydrogens is 430 g/mol. The van der Waals surface area contributed by atoms with E-state index in [9.17, 15) is 9.59 Å². The summed E-state index contributed by atoms with van der Waals surface area (Å²) in [7, 11) is 0. The van der Waals surface area contributed by atoms with Crippen molar-refractivity contribution in [3.8, 4) is 11.5 Å². The molecule has 0 saturated heterocycles. The quantitative estimate of drug-likeness (QED) is 0.360. The Morgan fingerprint density at radius 3 is 2.18 bits per heavy atom. The minimum Gasteiger partial charge on any atom is -0.457 e. The number of hydrogen-bond acceptors (Lipinski definition) is 5. The maximum atomic E-state index is 12.4. The summed E-state index contributed by atoms with van der Waals surface area (Å²) < 4.78 is 11.0. The minimum absolute atomic E-state index is 0.199. The summed E-state index contributed by atoms with van der Waals surface area (Å²) >= 11 is 0. The van der Waals surface area contributed by atoms with Gasteiger partial charge in [0.2, 0.25) is 5.91 Å². The van der Waals surface area contributed by atoms with Crippen LogP contribution in [0.1, 0.15) is 36.9 Å². The molecule has 0 aromatic heterocycles. The molecule has 0 aliphatic heterocycles. The molecule has 0 unspecified atom stereocenters. The summed E-state index contributed by atoms with van der Waals surface area (Å²) in [6, 6.07) is 25.7. The van der Waals surface area contributed by atoms with Gasteiger partial charge >= 0.3 is 6.09 Å². The van der Waals surface area contributed by atoms with E-state index in [1.54, 1.807) is 0 Å². The number of carbonyl (C=O) groups excluding carboxylic acids is 2. The SMILES string of the molecule is C[C@H](NC(=O)[C@H](N)CCCNC(=O)OCc1ccccc1)c1ccc(Oc2ccccc2)cc1. The molecule has 178 valence electrons. The van der Waals surface area contributed by atoms with Crippen molar-refractivity contribution in [2.45, 2.75) is 38.5 Å². The number of amides is 2. The van der Waals surface area contributed by atoms with Gasteiger partial charge in [0, 0.05) is 6.54 Å². The fourth-order valence-corrected chi connectivity index (χ4v) is 3.27. The molecule has 0 aliphatic carbocycles. The molecule has 2 atom stereocenters. The molecule has 0 spiro atoms. The number of hydrogen-bond donors (Lipinski definition) is 3. The Labute approximate surface area is 200 Å². The summed E-state index contributed by atoms with van der Waals surface area (Å²) in [5.74, 6) is 1.25. The smallest absolute Gasteiger partial charge is 0.407 e. The Hall–Kier alpha value is -3.84. The number of carbonyl (C=O) groups is 2. The van der Waals surface area contributed by atoms with Crippen LogP contribution < -0.4 is 21.1 Å². The van der Waals surface area contributed by atoms with E-state index in [0.717, 1.165) is 22.6 Å². The number of alkyl carbamates (subject to hydrolysis) is 1. The molecule has 0 bridgehead atoms. The van der Waals surface area contributed by atoms with Crippen molar-refractivity contribution in [2.24, 2.45) is 5.73 Å². The first kappa shape index (κ1) is 24.8. The van der Waals surface area contributed by atoms with Gasteiger partial charge in [-0.05, 0) is 55.2 Å². The second-order valence-electron chi connectivity index (χ2n) is 7.95. The van der Waals surface area contributed by atoms with Gasteiger partial charge in [-0.3, -0.25) is 4.79 Å². The summed E-state index contributed by atoms with van der Waals surface area (Å²) in [6.45, 7) is 2.50. The Morgan fingerprint density at radius 2 is 1.50 bits per heavy atom. The minimum atomic E-state index is -0.662. The first-order valence-corrected chi connectivity index (χ1v) is 11.3. The van der Waals surface area contributed by atoms with Crippen LogP contribution >= 0.6 is 0 Å². The fraction of sp³-hybridized carbons (Fsp3) is 0.259. The van der Waals surface area contributed by atoms with Gasteiger partial charge in [0.15, 0.2) is 0 Å². The van der Waals surface area contributed by atoms with Crippen LogP contribution in [0.15, 0.2) is 84.9 Å². The lowest BCUT2D eigenvalue weighted by molar-refractivity contribution is -0.123. The van der Waals surface area contributed by atoms with Gasteiger partial charge in [0.05, 0.1) is 12.1 Å². The lowest BCUT2D eigenvalue weighted by atomic mass is 10.1. The molecule has 2 amide bonds. The fourth-order valence-electron chi connectivity index (χ4n) is 3.27. The molecule has 3 aromatic rings. The van der Waals surface area contributed by atoms with Crippen LogP contribution in [-0.2, 0) is 16.1 Å². The lowest BCUT2D eigenvalue weighted by Gasteiger charge is -2.18. The van der Waals surface area contributed by atoms with Crippen LogP contribution in [0.5, 0.6) is 11.5 Å². The van der Waals surface area contributed by atoms with Gasteiger partial charge in [-0.2, -0.15) is 0 Å². The first-order valence-electron chi connectivity index (χ1n) is 11.3. The average Bonchev–Trinajstić information content (AvgIpc) is 2.87. The molecule has 34 heavy (non-hydrogen) atoms. The highest BCUT2D eigenvalue weighted by atomic mass is 16.5. The zero-order valence-electron chi connectivity index (χ0n) is 19.3. The van der Waals surface area contributed by atoms with Crippen LogP contribution in [0.2, 0.25) is 0 Å². The normalized spacial score (nSPS) is 12.3.